The Kier molecular flexibility index (Phi) is 4.99. The summed E-state index contributed by atoms with van der Waals surface area (Å²) in [7, 11) is 0. The quantitative estimate of drug-likeness (QED) is 0.578. The molecule has 1 atom stereocenters. The van der Waals surface area contributed by atoms with Gasteiger partial charge in [0.2, 0.25) is 17.8 Å². The summed E-state index contributed by atoms with van der Waals surface area (Å²) >= 11 is 0. The van der Waals surface area contributed by atoms with Crippen LogP contribution in [0.25, 0.3) is 0 Å². The Morgan fingerprint density at radius 2 is 1.89 bits per heavy atom. The molecule has 2 saturated heterocycles. The Labute approximate surface area is 210 Å². The molecule has 0 radical (unpaired) electrons. The molecule has 1 aromatic heterocycles. The Morgan fingerprint density at radius 1 is 1.11 bits per heavy atom. The van der Waals surface area contributed by atoms with Crippen molar-refractivity contribution < 1.29 is 14.3 Å². The lowest BCUT2D eigenvalue weighted by molar-refractivity contribution is -0.144. The summed E-state index contributed by atoms with van der Waals surface area (Å²) in [6.45, 7) is 4.54. The normalized spacial score (nSPS) is 30.6. The number of fused-ring (bicyclic) bond motifs is 1. The molecule has 36 heavy (non-hydrogen) atoms. The highest BCUT2D eigenvalue weighted by Crippen LogP contribution is 2.63. The average molecular weight is 489 g/mol. The molecule has 2 aromatic rings. The third-order valence-corrected chi connectivity index (χ3v) is 8.90. The molecule has 1 aromatic carbocycles. The number of carbonyl (C=O) groups excluding carboxylic acids is 2. The van der Waals surface area contributed by atoms with Gasteiger partial charge in [0, 0.05) is 37.0 Å². The zero-order chi connectivity index (χ0) is 24.3. The monoisotopic (exact) mass is 488 g/mol. The number of anilines is 3. The first-order chi connectivity index (χ1) is 17.5. The van der Waals surface area contributed by atoms with Crippen molar-refractivity contribution in [3.05, 3.63) is 36.0 Å². The molecular formula is C27H32N6O3. The largest absolute Gasteiger partial charge is 0.492 e. The highest BCUT2D eigenvalue weighted by molar-refractivity contribution is 6.15. The first-order valence-corrected chi connectivity index (χ1v) is 13.3. The topological polar surface area (TPSA) is 99.7 Å². The molecule has 9 nitrogen and oxygen atoms in total. The van der Waals surface area contributed by atoms with Crippen molar-refractivity contribution in [2.45, 2.75) is 50.5 Å². The van der Waals surface area contributed by atoms with Gasteiger partial charge in [0.25, 0.3) is 0 Å². The van der Waals surface area contributed by atoms with Crippen molar-refractivity contribution in [2.75, 3.05) is 43.0 Å². The molecule has 4 heterocycles. The van der Waals surface area contributed by atoms with Gasteiger partial charge in [-0.25, -0.2) is 4.98 Å². The number of carbonyl (C=O) groups is 2. The summed E-state index contributed by atoms with van der Waals surface area (Å²) in [6, 6.07) is 7.81. The predicted octanol–water partition coefficient (Wildman–Crippen LogP) is 2.64. The Hall–Kier alpha value is -3.20. The third-order valence-electron chi connectivity index (χ3n) is 8.90. The summed E-state index contributed by atoms with van der Waals surface area (Å²) in [5.41, 5.74) is 0.550. The van der Waals surface area contributed by atoms with Crippen LogP contribution >= 0.6 is 0 Å². The Bertz CT molecular complexity index is 1190. The molecule has 1 spiro atoms. The highest BCUT2D eigenvalue weighted by atomic mass is 16.5. The fourth-order valence-electron chi connectivity index (χ4n) is 6.74. The minimum Gasteiger partial charge on any atom is -0.492 e. The van der Waals surface area contributed by atoms with Crippen molar-refractivity contribution in [1.82, 2.24) is 20.2 Å². The Morgan fingerprint density at radius 3 is 2.56 bits per heavy atom. The third kappa shape index (κ3) is 3.39. The van der Waals surface area contributed by atoms with E-state index in [1.54, 1.807) is 6.20 Å². The lowest BCUT2D eigenvalue weighted by atomic mass is 9.48. The molecule has 2 N–H and O–H groups in total. The van der Waals surface area contributed by atoms with Crippen LogP contribution in [0.1, 0.15) is 44.1 Å². The van der Waals surface area contributed by atoms with E-state index in [1.165, 1.54) is 25.9 Å². The zero-order valence-corrected chi connectivity index (χ0v) is 20.5. The van der Waals surface area contributed by atoms with Crippen molar-refractivity contribution in [1.29, 1.82) is 0 Å². The summed E-state index contributed by atoms with van der Waals surface area (Å²) in [6.07, 6.45) is 8.27. The number of nitrogens with one attached hydrogen (secondary N) is 2. The summed E-state index contributed by atoms with van der Waals surface area (Å²) in [5, 5.41) is 6.17. The number of hydrogen-bond acceptors (Lipinski definition) is 7. The summed E-state index contributed by atoms with van der Waals surface area (Å²) < 4.78 is 5.91. The van der Waals surface area contributed by atoms with Crippen LogP contribution < -0.4 is 20.3 Å². The van der Waals surface area contributed by atoms with Gasteiger partial charge in [0.15, 0.2) is 0 Å². The van der Waals surface area contributed by atoms with Crippen LogP contribution in [0.3, 0.4) is 0 Å². The van der Waals surface area contributed by atoms with E-state index in [0.29, 0.717) is 43.7 Å². The van der Waals surface area contributed by atoms with E-state index < -0.39 is 5.41 Å². The zero-order valence-electron chi connectivity index (χ0n) is 20.5. The van der Waals surface area contributed by atoms with Crippen LogP contribution in [0.15, 0.2) is 30.5 Å². The van der Waals surface area contributed by atoms with E-state index in [1.807, 2.05) is 29.2 Å². The number of rotatable bonds is 7. The minimum atomic E-state index is -1.01. The van der Waals surface area contributed by atoms with Gasteiger partial charge in [-0.05, 0) is 81.8 Å². The molecule has 2 bridgehead atoms. The first-order valence-electron chi connectivity index (χ1n) is 13.3. The second kappa shape index (κ2) is 8.16. The van der Waals surface area contributed by atoms with Gasteiger partial charge < -0.3 is 15.4 Å². The number of benzene rings is 1. The first kappa shape index (κ1) is 22.0. The number of likely N-dealkylation sites (tertiary alicyclic amines) is 1. The SMILES string of the molecule is O=C1NCC[C@@]12Cc1cnc(Nc3ccc(OCCN4CCCC4)cc3)nc1N(C13CC(C1)C3)C2=O. The fourth-order valence-corrected chi connectivity index (χ4v) is 6.74. The summed E-state index contributed by atoms with van der Waals surface area (Å²) in [5.74, 6) is 2.43. The van der Waals surface area contributed by atoms with Crippen molar-refractivity contribution in [2.24, 2.45) is 11.3 Å². The molecular weight excluding hydrogens is 456 g/mol. The number of ether oxygens (including phenoxy) is 1. The highest BCUT2D eigenvalue weighted by Gasteiger charge is 2.67. The maximum atomic E-state index is 13.8. The van der Waals surface area contributed by atoms with Crippen LogP contribution in [-0.4, -0.2) is 65.0 Å². The lowest BCUT2D eigenvalue weighted by Crippen LogP contribution is -2.73. The van der Waals surface area contributed by atoms with Crippen LogP contribution in [0.5, 0.6) is 5.75 Å². The van der Waals surface area contributed by atoms with Crippen molar-refractivity contribution in [3.8, 4) is 5.75 Å². The average Bonchev–Trinajstić information content (AvgIpc) is 3.47. The van der Waals surface area contributed by atoms with Crippen LogP contribution in [0, 0.1) is 11.3 Å². The van der Waals surface area contributed by atoms with E-state index in [2.05, 4.69) is 20.5 Å². The van der Waals surface area contributed by atoms with E-state index in [0.717, 1.165) is 42.8 Å². The van der Waals surface area contributed by atoms with Crippen LogP contribution in [-0.2, 0) is 16.0 Å². The molecule has 3 aliphatic carbocycles. The molecule has 3 aliphatic heterocycles. The van der Waals surface area contributed by atoms with Gasteiger partial charge in [0.1, 0.15) is 23.6 Å². The molecule has 188 valence electrons. The summed E-state index contributed by atoms with van der Waals surface area (Å²) in [4.78, 5) is 40.3. The molecule has 3 saturated carbocycles. The van der Waals surface area contributed by atoms with E-state index in [-0.39, 0.29) is 17.4 Å². The van der Waals surface area contributed by atoms with Crippen molar-refractivity contribution >= 4 is 29.3 Å². The van der Waals surface area contributed by atoms with Gasteiger partial charge in [-0.1, -0.05) is 0 Å². The van der Waals surface area contributed by atoms with E-state index >= 15 is 0 Å². The molecule has 6 aliphatic rings. The maximum Gasteiger partial charge on any atom is 0.244 e. The number of nitrogens with zero attached hydrogens (tertiary/aromatic N) is 4. The van der Waals surface area contributed by atoms with Crippen LogP contribution in [0.2, 0.25) is 0 Å². The van der Waals surface area contributed by atoms with Gasteiger partial charge >= 0.3 is 0 Å². The van der Waals surface area contributed by atoms with Gasteiger partial charge in [-0.2, -0.15) is 4.98 Å². The van der Waals surface area contributed by atoms with Crippen LogP contribution in [0.4, 0.5) is 17.5 Å². The van der Waals surface area contributed by atoms with Crippen molar-refractivity contribution in [3.63, 3.8) is 0 Å². The second-order valence-corrected chi connectivity index (χ2v) is 11.2. The minimum absolute atomic E-state index is 0.0803. The van der Waals surface area contributed by atoms with Gasteiger partial charge in [-0.3, -0.25) is 19.4 Å². The standard InChI is InChI=1S/C27H32N6O3/c34-23-27(7-8-28-23)16-19-17-29-25(31-22(19)33(24(27)35)26-13-18(14-26)15-26)30-20-3-5-21(6-4-20)36-12-11-32-9-1-2-10-32/h3-6,17-18H,1-2,7-16H2,(H,28,34)(H,29,30,31)/t18?,26?,27-/m1/s1. The molecule has 9 heteroatoms. The van der Waals surface area contributed by atoms with Gasteiger partial charge in [0.05, 0.1) is 5.54 Å². The number of amides is 2. The number of aromatic nitrogens is 2. The van der Waals surface area contributed by atoms with E-state index in [4.69, 9.17) is 9.72 Å². The fraction of sp³-hybridized carbons (Fsp3) is 0.556. The molecule has 0 unspecified atom stereocenters. The van der Waals surface area contributed by atoms with E-state index in [9.17, 15) is 9.59 Å². The van der Waals surface area contributed by atoms with Gasteiger partial charge in [-0.15, -0.1) is 0 Å². The second-order valence-electron chi connectivity index (χ2n) is 11.2. The smallest absolute Gasteiger partial charge is 0.244 e. The molecule has 5 fully saturated rings. The molecule has 2 amide bonds. The Balaban J connectivity index is 1.09. The molecule has 8 rings (SSSR count). The lowest BCUT2D eigenvalue weighted by Gasteiger charge is -2.67. The number of hydrogen-bond donors (Lipinski definition) is 2. The maximum absolute atomic E-state index is 13.8. The predicted molar refractivity (Wildman–Crippen MR) is 134 cm³/mol.